The number of hydrogen-bond acceptors (Lipinski definition) is 0. The number of benzene rings is 1. The highest BCUT2D eigenvalue weighted by atomic mass is 127. The van der Waals surface area contributed by atoms with Gasteiger partial charge in [-0.2, -0.15) is 0 Å². The summed E-state index contributed by atoms with van der Waals surface area (Å²) in [5.74, 6) is -0.145. The van der Waals surface area contributed by atoms with Gasteiger partial charge >= 0.3 is 0 Å². The third-order valence-electron chi connectivity index (χ3n) is 2.36. The van der Waals surface area contributed by atoms with Crippen LogP contribution in [0.2, 0.25) is 0 Å². The molecule has 0 spiro atoms. The molecule has 1 aromatic rings. The maximum Gasteiger partial charge on any atom is 0.136 e. The zero-order valence-corrected chi connectivity index (χ0v) is 10.7. The molecule has 0 amide bonds. The van der Waals surface area contributed by atoms with E-state index in [1.54, 1.807) is 12.1 Å². The summed E-state index contributed by atoms with van der Waals surface area (Å²) < 4.78 is 25.2. The van der Waals surface area contributed by atoms with Crippen LogP contribution in [0.15, 0.2) is 24.3 Å². The second-order valence-electron chi connectivity index (χ2n) is 3.65. The summed E-state index contributed by atoms with van der Waals surface area (Å²) in [6, 6.07) is 6.67. The fourth-order valence-electron chi connectivity index (χ4n) is 1.49. The average Bonchev–Trinajstić information content (AvgIpc) is 2.25. The highest BCUT2D eigenvalue weighted by Gasteiger charge is 2.09. The van der Waals surface area contributed by atoms with Crippen LogP contribution < -0.4 is 0 Å². The van der Waals surface area contributed by atoms with Crippen LogP contribution in [0.4, 0.5) is 8.78 Å². The molecule has 0 bridgehead atoms. The molecule has 15 heavy (non-hydrogen) atoms. The van der Waals surface area contributed by atoms with Gasteiger partial charge in [-0.15, -0.1) is 0 Å². The van der Waals surface area contributed by atoms with Gasteiger partial charge < -0.3 is 0 Å². The van der Waals surface area contributed by atoms with Gasteiger partial charge in [0.05, 0.1) is 0 Å². The molecular weight excluding hydrogens is 309 g/mol. The topological polar surface area (TPSA) is 0 Å². The lowest BCUT2D eigenvalue weighted by molar-refractivity contribution is 0.251. The summed E-state index contributed by atoms with van der Waals surface area (Å²) in [7, 11) is 0. The second-order valence-corrected chi connectivity index (χ2v) is 4.81. The van der Waals surface area contributed by atoms with E-state index in [0.29, 0.717) is 3.57 Å². The van der Waals surface area contributed by atoms with Gasteiger partial charge in [0.25, 0.3) is 0 Å². The van der Waals surface area contributed by atoms with E-state index in [-0.39, 0.29) is 5.82 Å². The van der Waals surface area contributed by atoms with E-state index in [1.807, 2.05) is 28.7 Å². The van der Waals surface area contributed by atoms with Crippen LogP contribution in [-0.4, -0.2) is 6.17 Å². The van der Waals surface area contributed by atoms with Crippen molar-refractivity contribution in [2.45, 2.75) is 38.3 Å². The monoisotopic (exact) mass is 324 g/mol. The number of alkyl halides is 1. The Hall–Kier alpha value is -0.190. The third kappa shape index (κ3) is 5.44. The smallest absolute Gasteiger partial charge is 0.136 e. The molecule has 0 saturated heterocycles. The second kappa shape index (κ2) is 7.14. The minimum Gasteiger partial charge on any atom is -0.247 e. The fourth-order valence-corrected chi connectivity index (χ4v) is 1.88. The molecule has 0 heterocycles. The number of halogens is 3. The van der Waals surface area contributed by atoms with Crippen molar-refractivity contribution in [3.05, 3.63) is 33.7 Å². The van der Waals surface area contributed by atoms with Crippen molar-refractivity contribution in [3.63, 3.8) is 0 Å². The quantitative estimate of drug-likeness (QED) is 0.606. The van der Waals surface area contributed by atoms with Crippen LogP contribution in [0.3, 0.4) is 0 Å². The van der Waals surface area contributed by atoms with Crippen molar-refractivity contribution in [2.24, 2.45) is 0 Å². The summed E-state index contributed by atoms with van der Waals surface area (Å²) in [6.45, 7) is 0. The molecule has 0 N–H and O–H groups in total. The molecule has 0 aliphatic heterocycles. The molecule has 84 valence electrons. The summed E-state index contributed by atoms with van der Waals surface area (Å²) in [5, 5.41) is 0. The van der Waals surface area contributed by atoms with Crippen molar-refractivity contribution in [2.75, 3.05) is 0 Å². The first-order chi connectivity index (χ1) is 7.20. The van der Waals surface area contributed by atoms with Gasteiger partial charge in [0.2, 0.25) is 0 Å². The summed E-state index contributed by atoms with van der Waals surface area (Å²) in [4.78, 5) is 0. The van der Waals surface area contributed by atoms with Crippen LogP contribution in [0.5, 0.6) is 0 Å². The standard InChI is InChI=1S/C6H4FI.C6H11F/c7-5-3-1-2-4-6(5)8;7-6-4-2-1-3-5-6/h1-4H;6H,1-5H2. The minimum absolute atomic E-state index is 0.145. The Balaban J connectivity index is 0.000000151. The van der Waals surface area contributed by atoms with Crippen molar-refractivity contribution < 1.29 is 8.78 Å². The van der Waals surface area contributed by atoms with Crippen LogP contribution in [0.1, 0.15) is 32.1 Å². The summed E-state index contributed by atoms with van der Waals surface area (Å²) in [5.41, 5.74) is 0. The zero-order valence-electron chi connectivity index (χ0n) is 8.56. The highest BCUT2D eigenvalue weighted by Crippen LogP contribution is 2.19. The fraction of sp³-hybridized carbons (Fsp3) is 0.500. The summed E-state index contributed by atoms with van der Waals surface area (Å²) >= 11 is 1.95. The average molecular weight is 324 g/mol. The minimum atomic E-state index is -0.464. The number of hydrogen-bond donors (Lipinski definition) is 0. The van der Waals surface area contributed by atoms with Gasteiger partial charge in [0.1, 0.15) is 12.0 Å². The van der Waals surface area contributed by atoms with Crippen molar-refractivity contribution in [1.29, 1.82) is 0 Å². The molecule has 1 aromatic carbocycles. The van der Waals surface area contributed by atoms with E-state index in [9.17, 15) is 8.78 Å². The van der Waals surface area contributed by atoms with Gasteiger partial charge in [0, 0.05) is 3.57 Å². The van der Waals surface area contributed by atoms with Gasteiger partial charge in [-0.05, 0) is 47.6 Å². The van der Waals surface area contributed by atoms with E-state index >= 15 is 0 Å². The predicted octanol–water partition coefficient (Wildman–Crippen LogP) is 4.72. The zero-order chi connectivity index (χ0) is 11.1. The first kappa shape index (κ1) is 12.9. The van der Waals surface area contributed by atoms with Crippen LogP contribution in [0.25, 0.3) is 0 Å². The maximum atomic E-state index is 12.3. The Morgan fingerprint density at radius 3 is 2.00 bits per heavy atom. The lowest BCUT2D eigenvalue weighted by Gasteiger charge is -2.12. The molecular formula is C12H15F2I. The molecule has 1 fully saturated rings. The molecule has 1 aliphatic carbocycles. The maximum absolute atomic E-state index is 12.3. The van der Waals surface area contributed by atoms with Crippen LogP contribution in [-0.2, 0) is 0 Å². The lowest BCUT2D eigenvalue weighted by atomic mass is 9.99. The van der Waals surface area contributed by atoms with Crippen molar-refractivity contribution >= 4 is 22.6 Å². The van der Waals surface area contributed by atoms with Crippen LogP contribution >= 0.6 is 22.6 Å². The van der Waals surface area contributed by atoms with Gasteiger partial charge in [-0.1, -0.05) is 31.4 Å². The van der Waals surface area contributed by atoms with E-state index in [1.165, 1.54) is 12.5 Å². The molecule has 0 nitrogen and oxygen atoms in total. The Bertz CT molecular complexity index is 262. The Labute approximate surface area is 103 Å². The lowest BCUT2D eigenvalue weighted by Crippen LogP contribution is -2.04. The molecule has 0 unspecified atom stereocenters. The third-order valence-corrected chi connectivity index (χ3v) is 3.23. The van der Waals surface area contributed by atoms with Gasteiger partial charge in [-0.3, -0.25) is 0 Å². The SMILES string of the molecule is FC1CCCCC1.Fc1ccccc1I. The Kier molecular flexibility index (Phi) is 6.13. The largest absolute Gasteiger partial charge is 0.247 e. The Morgan fingerprint density at radius 1 is 1.07 bits per heavy atom. The Morgan fingerprint density at radius 2 is 1.67 bits per heavy atom. The molecule has 1 aliphatic rings. The predicted molar refractivity (Wildman–Crippen MR) is 67.1 cm³/mol. The van der Waals surface area contributed by atoms with E-state index in [2.05, 4.69) is 0 Å². The van der Waals surface area contributed by atoms with E-state index < -0.39 is 6.17 Å². The summed E-state index contributed by atoms with van der Waals surface area (Å²) in [6.07, 6.45) is 4.65. The first-order valence-electron chi connectivity index (χ1n) is 5.24. The van der Waals surface area contributed by atoms with Crippen molar-refractivity contribution in [3.8, 4) is 0 Å². The van der Waals surface area contributed by atoms with Crippen molar-refractivity contribution in [1.82, 2.24) is 0 Å². The first-order valence-corrected chi connectivity index (χ1v) is 6.32. The molecule has 0 radical (unpaired) electrons. The molecule has 0 aromatic heterocycles. The van der Waals surface area contributed by atoms with E-state index in [4.69, 9.17) is 0 Å². The highest BCUT2D eigenvalue weighted by molar-refractivity contribution is 14.1. The molecule has 3 heteroatoms. The van der Waals surface area contributed by atoms with Gasteiger partial charge in [-0.25, -0.2) is 8.78 Å². The van der Waals surface area contributed by atoms with Crippen LogP contribution in [0, 0.1) is 9.39 Å². The normalized spacial score (nSPS) is 16.7. The number of rotatable bonds is 0. The van der Waals surface area contributed by atoms with E-state index in [0.717, 1.165) is 25.7 Å². The van der Waals surface area contributed by atoms with Gasteiger partial charge in [0.15, 0.2) is 0 Å². The molecule has 2 rings (SSSR count). The molecule has 0 atom stereocenters. The molecule has 1 saturated carbocycles.